The maximum absolute atomic E-state index is 13.1. The molecule has 27 heavy (non-hydrogen) atoms. The molecule has 7 heteroatoms. The number of rotatable bonds is 4. The summed E-state index contributed by atoms with van der Waals surface area (Å²) < 4.78 is 3.43. The van der Waals surface area contributed by atoms with Crippen LogP contribution >= 0.6 is 0 Å². The molecule has 3 aromatic rings. The Morgan fingerprint density at radius 3 is 2.70 bits per heavy atom. The van der Waals surface area contributed by atoms with E-state index in [2.05, 4.69) is 15.3 Å². The summed E-state index contributed by atoms with van der Waals surface area (Å²) >= 11 is 0. The van der Waals surface area contributed by atoms with Crippen LogP contribution in [0.2, 0.25) is 0 Å². The summed E-state index contributed by atoms with van der Waals surface area (Å²) in [7, 11) is 1.71. The Bertz CT molecular complexity index is 1040. The second-order valence-electron chi connectivity index (χ2n) is 7.65. The lowest BCUT2D eigenvalue weighted by Gasteiger charge is -2.30. The number of hydrogen-bond donors (Lipinski definition) is 2. The van der Waals surface area contributed by atoms with Gasteiger partial charge in [0.15, 0.2) is 11.2 Å². The van der Waals surface area contributed by atoms with Crippen LogP contribution in [0.4, 0.5) is 5.95 Å². The van der Waals surface area contributed by atoms with E-state index < -0.39 is 11.6 Å². The van der Waals surface area contributed by atoms with Gasteiger partial charge >= 0.3 is 0 Å². The Balaban J connectivity index is 1.78. The van der Waals surface area contributed by atoms with Crippen molar-refractivity contribution in [3.63, 3.8) is 0 Å². The molecule has 2 atom stereocenters. The molecule has 0 saturated heterocycles. The van der Waals surface area contributed by atoms with Crippen LogP contribution in [0.3, 0.4) is 0 Å². The molecule has 1 fully saturated rings. The molecule has 0 aliphatic heterocycles. The highest BCUT2D eigenvalue weighted by Crippen LogP contribution is 2.32. The molecule has 1 aliphatic carbocycles. The number of aromatic nitrogens is 4. The first-order chi connectivity index (χ1) is 12.9. The van der Waals surface area contributed by atoms with Crippen molar-refractivity contribution >= 4 is 17.1 Å². The van der Waals surface area contributed by atoms with Crippen LogP contribution in [0.5, 0.6) is 0 Å². The van der Waals surface area contributed by atoms with Crippen molar-refractivity contribution in [2.45, 2.75) is 51.3 Å². The van der Waals surface area contributed by atoms with Gasteiger partial charge < -0.3 is 15.0 Å². The highest BCUT2D eigenvalue weighted by Gasteiger charge is 2.38. The summed E-state index contributed by atoms with van der Waals surface area (Å²) in [6, 6.07) is 9.99. The second kappa shape index (κ2) is 6.49. The fourth-order valence-corrected chi connectivity index (χ4v) is 3.89. The first-order valence-corrected chi connectivity index (χ1v) is 9.33. The van der Waals surface area contributed by atoms with Crippen LogP contribution in [0.1, 0.15) is 37.6 Å². The van der Waals surface area contributed by atoms with Crippen LogP contribution in [-0.4, -0.2) is 35.9 Å². The van der Waals surface area contributed by atoms with Crippen molar-refractivity contribution in [2.24, 2.45) is 7.05 Å². The largest absolute Gasteiger partial charge is 0.391 e. The van der Waals surface area contributed by atoms with E-state index in [-0.39, 0.29) is 5.56 Å². The molecule has 0 bridgehead atoms. The molecule has 2 aromatic heterocycles. The molecule has 4 rings (SSSR count). The van der Waals surface area contributed by atoms with Crippen LogP contribution in [0.25, 0.3) is 11.2 Å². The zero-order valence-corrected chi connectivity index (χ0v) is 15.9. The van der Waals surface area contributed by atoms with E-state index in [0.717, 1.165) is 30.7 Å². The number of nitrogens with zero attached hydrogens (tertiary/aromatic N) is 4. The van der Waals surface area contributed by atoms with Gasteiger partial charge in [-0.25, -0.2) is 4.98 Å². The Hall–Kier alpha value is -2.67. The van der Waals surface area contributed by atoms with E-state index in [1.807, 2.05) is 48.7 Å². The predicted molar refractivity (Wildman–Crippen MR) is 105 cm³/mol. The molecule has 0 radical (unpaired) electrons. The van der Waals surface area contributed by atoms with Crippen molar-refractivity contribution in [3.8, 4) is 0 Å². The van der Waals surface area contributed by atoms with E-state index >= 15 is 0 Å². The van der Waals surface area contributed by atoms with E-state index in [4.69, 9.17) is 0 Å². The third-order valence-corrected chi connectivity index (χ3v) is 5.67. The molecule has 0 spiro atoms. The fourth-order valence-electron chi connectivity index (χ4n) is 3.89. The molecule has 2 N–H and O–H groups in total. The summed E-state index contributed by atoms with van der Waals surface area (Å²) in [5, 5.41) is 13.6. The minimum Gasteiger partial charge on any atom is -0.391 e. The number of nitrogens with one attached hydrogen (secondary N) is 1. The SMILES string of the molecule is Cc1nc2nc(N[C@@]3(C)CCC[C@@H]3O)n(C)c(=O)c2n1Cc1ccccc1. The molecular weight excluding hydrogens is 342 g/mol. The van der Waals surface area contributed by atoms with E-state index in [0.29, 0.717) is 23.7 Å². The Morgan fingerprint density at radius 1 is 1.30 bits per heavy atom. The third kappa shape index (κ3) is 3.02. The topological polar surface area (TPSA) is 85.0 Å². The standard InChI is InChI=1S/C20H25N5O2/c1-13-21-17-16(25(13)12-14-8-5-4-6-9-14)18(27)24(3)19(22-17)23-20(2)11-7-10-15(20)26/h4-6,8-9,15,26H,7,10-12H2,1-3H3,(H,22,23)/t15-,20-/m0/s1. The molecule has 0 amide bonds. The van der Waals surface area contributed by atoms with Crippen LogP contribution in [-0.2, 0) is 13.6 Å². The third-order valence-electron chi connectivity index (χ3n) is 5.67. The van der Waals surface area contributed by atoms with Crippen molar-refractivity contribution in [3.05, 3.63) is 52.1 Å². The molecule has 1 aromatic carbocycles. The number of aliphatic hydroxyl groups excluding tert-OH is 1. The van der Waals surface area contributed by atoms with Crippen molar-refractivity contribution in [2.75, 3.05) is 5.32 Å². The number of imidazole rings is 1. The van der Waals surface area contributed by atoms with Crippen LogP contribution in [0, 0.1) is 6.92 Å². The van der Waals surface area contributed by atoms with E-state index in [1.54, 1.807) is 7.05 Å². The summed E-state index contributed by atoms with van der Waals surface area (Å²) in [6.07, 6.45) is 2.09. The Labute approximate surface area is 157 Å². The van der Waals surface area contributed by atoms with E-state index in [1.165, 1.54) is 4.57 Å². The van der Waals surface area contributed by atoms with E-state index in [9.17, 15) is 9.90 Å². The van der Waals surface area contributed by atoms with Gasteiger partial charge in [0.2, 0.25) is 5.95 Å². The molecule has 2 heterocycles. The zero-order chi connectivity index (χ0) is 19.2. The van der Waals surface area contributed by atoms with Gasteiger partial charge in [0, 0.05) is 13.6 Å². The number of benzene rings is 1. The molecule has 1 aliphatic rings. The smallest absolute Gasteiger partial charge is 0.280 e. The number of anilines is 1. The first kappa shape index (κ1) is 17.7. The number of hydrogen-bond acceptors (Lipinski definition) is 5. The van der Waals surface area contributed by atoms with Crippen molar-refractivity contribution in [1.82, 2.24) is 19.1 Å². The number of fused-ring (bicyclic) bond motifs is 1. The molecule has 1 saturated carbocycles. The molecule has 0 unspecified atom stereocenters. The van der Waals surface area contributed by atoms with Crippen molar-refractivity contribution in [1.29, 1.82) is 0 Å². The van der Waals surface area contributed by atoms with Gasteiger partial charge in [0.05, 0.1) is 11.6 Å². The van der Waals surface area contributed by atoms with Crippen molar-refractivity contribution < 1.29 is 5.11 Å². The average molecular weight is 367 g/mol. The van der Waals surface area contributed by atoms with Crippen LogP contribution < -0.4 is 10.9 Å². The Kier molecular flexibility index (Phi) is 4.26. The van der Waals surface area contributed by atoms with Gasteiger partial charge in [-0.1, -0.05) is 30.3 Å². The number of aliphatic hydroxyl groups is 1. The normalized spacial score (nSPS) is 22.4. The maximum atomic E-state index is 13.1. The molecule has 142 valence electrons. The lowest BCUT2D eigenvalue weighted by Crippen LogP contribution is -2.44. The average Bonchev–Trinajstić information content (AvgIpc) is 3.13. The monoisotopic (exact) mass is 367 g/mol. The maximum Gasteiger partial charge on any atom is 0.280 e. The Morgan fingerprint density at radius 2 is 2.04 bits per heavy atom. The first-order valence-electron chi connectivity index (χ1n) is 9.33. The van der Waals surface area contributed by atoms with Gasteiger partial charge in [-0.2, -0.15) is 4.98 Å². The lowest BCUT2D eigenvalue weighted by atomic mass is 9.98. The summed E-state index contributed by atoms with van der Waals surface area (Å²) in [4.78, 5) is 22.2. The molecule has 7 nitrogen and oxygen atoms in total. The molecular formula is C20H25N5O2. The van der Waals surface area contributed by atoms with Crippen LogP contribution in [0.15, 0.2) is 35.1 Å². The minimum atomic E-state index is -0.480. The minimum absolute atomic E-state index is 0.143. The lowest BCUT2D eigenvalue weighted by molar-refractivity contribution is 0.130. The fraction of sp³-hybridized carbons (Fsp3) is 0.450. The van der Waals surface area contributed by atoms with Gasteiger partial charge in [-0.15, -0.1) is 0 Å². The highest BCUT2D eigenvalue weighted by atomic mass is 16.3. The summed E-state index contributed by atoms with van der Waals surface area (Å²) in [5.41, 5.74) is 1.42. The van der Waals surface area contributed by atoms with Gasteiger partial charge in [0.1, 0.15) is 5.82 Å². The zero-order valence-electron chi connectivity index (χ0n) is 15.9. The van der Waals surface area contributed by atoms with Gasteiger partial charge in [0.25, 0.3) is 5.56 Å². The predicted octanol–water partition coefficient (Wildman–Crippen LogP) is 2.20. The highest BCUT2D eigenvalue weighted by molar-refractivity contribution is 5.72. The summed E-state index contributed by atoms with van der Waals surface area (Å²) in [6.45, 7) is 4.43. The summed E-state index contributed by atoms with van der Waals surface area (Å²) in [5.74, 6) is 1.20. The second-order valence-corrected chi connectivity index (χ2v) is 7.65. The quantitative estimate of drug-likeness (QED) is 0.738. The van der Waals surface area contributed by atoms with Gasteiger partial charge in [-0.05, 0) is 38.7 Å². The number of aryl methyl sites for hydroxylation is 1. The van der Waals surface area contributed by atoms with Gasteiger partial charge in [-0.3, -0.25) is 9.36 Å².